The van der Waals surface area contributed by atoms with Gasteiger partial charge in [-0.15, -0.1) is 0 Å². The quantitative estimate of drug-likeness (QED) is 0.807. The molecule has 0 saturated heterocycles. The first-order chi connectivity index (χ1) is 12.0. The lowest BCUT2D eigenvalue weighted by Gasteiger charge is -2.13. The Morgan fingerprint density at radius 2 is 2.00 bits per heavy atom. The monoisotopic (exact) mass is 341 g/mol. The second-order valence-electron chi connectivity index (χ2n) is 5.18. The first-order valence-electron chi connectivity index (χ1n) is 7.48. The van der Waals surface area contributed by atoms with Gasteiger partial charge in [-0.05, 0) is 30.7 Å². The number of ether oxygens (including phenoxy) is 3. The van der Waals surface area contributed by atoms with Crippen molar-refractivity contribution >= 4 is 11.8 Å². The zero-order chi connectivity index (χ0) is 18.4. The molecule has 0 aliphatic rings. The van der Waals surface area contributed by atoms with E-state index in [2.05, 4.69) is 10.3 Å². The maximum Gasteiger partial charge on any atom is 0.341 e. The summed E-state index contributed by atoms with van der Waals surface area (Å²) < 4.78 is 15.2. The number of carbonyl (C=O) groups excluding carboxylic acids is 1. The number of aryl methyl sites for hydroxylation is 1. The number of esters is 1. The van der Waals surface area contributed by atoms with Crippen molar-refractivity contribution in [1.82, 2.24) is 4.98 Å². The molecule has 0 bridgehead atoms. The lowest BCUT2D eigenvalue weighted by molar-refractivity contribution is 0.0599. The Morgan fingerprint density at radius 1 is 1.24 bits per heavy atom. The summed E-state index contributed by atoms with van der Waals surface area (Å²) in [5.41, 5.74) is 1.72. The maximum atomic E-state index is 11.8. The number of benzene rings is 1. The van der Waals surface area contributed by atoms with E-state index in [1.807, 2.05) is 18.2 Å². The lowest BCUT2D eigenvalue weighted by Crippen LogP contribution is -2.11. The van der Waals surface area contributed by atoms with Crippen LogP contribution in [0.15, 0.2) is 24.3 Å². The van der Waals surface area contributed by atoms with Gasteiger partial charge in [-0.25, -0.2) is 9.78 Å². The molecule has 0 radical (unpaired) electrons. The zero-order valence-corrected chi connectivity index (χ0v) is 14.5. The number of nitrogens with one attached hydrogen (secondary N) is 1. The van der Waals surface area contributed by atoms with E-state index in [1.54, 1.807) is 33.3 Å². The Bertz CT molecular complexity index is 828. The van der Waals surface area contributed by atoms with E-state index >= 15 is 0 Å². The molecule has 25 heavy (non-hydrogen) atoms. The van der Waals surface area contributed by atoms with Gasteiger partial charge in [0, 0.05) is 18.2 Å². The van der Waals surface area contributed by atoms with Crippen molar-refractivity contribution in [3.05, 3.63) is 46.6 Å². The molecule has 2 rings (SSSR count). The maximum absolute atomic E-state index is 11.8. The summed E-state index contributed by atoms with van der Waals surface area (Å²) in [6.07, 6.45) is 0. The third kappa shape index (κ3) is 3.98. The van der Waals surface area contributed by atoms with Crippen molar-refractivity contribution in [3.8, 4) is 17.6 Å². The summed E-state index contributed by atoms with van der Waals surface area (Å²) in [5.74, 6) is 1.28. The molecule has 0 fully saturated rings. The summed E-state index contributed by atoms with van der Waals surface area (Å²) in [6, 6.07) is 9.13. The molecule has 0 aliphatic heterocycles. The third-order valence-corrected chi connectivity index (χ3v) is 3.67. The smallest absolute Gasteiger partial charge is 0.341 e. The Hall–Kier alpha value is -3.27. The lowest BCUT2D eigenvalue weighted by atomic mass is 10.1. The molecule has 1 aromatic heterocycles. The molecule has 1 heterocycles. The highest BCUT2D eigenvalue weighted by Gasteiger charge is 2.18. The summed E-state index contributed by atoms with van der Waals surface area (Å²) in [7, 11) is 4.44. The van der Waals surface area contributed by atoms with Gasteiger partial charge in [0.15, 0.2) is 5.69 Å². The van der Waals surface area contributed by atoms with E-state index < -0.39 is 5.97 Å². The first kappa shape index (κ1) is 18.1. The van der Waals surface area contributed by atoms with Crippen LogP contribution in [-0.4, -0.2) is 32.3 Å². The van der Waals surface area contributed by atoms with Gasteiger partial charge < -0.3 is 19.5 Å². The van der Waals surface area contributed by atoms with Crippen LogP contribution in [0.1, 0.15) is 27.2 Å². The number of pyridine rings is 1. The summed E-state index contributed by atoms with van der Waals surface area (Å²) in [6.45, 7) is 2.16. The van der Waals surface area contributed by atoms with Gasteiger partial charge in [0.25, 0.3) is 0 Å². The Labute approximate surface area is 146 Å². The molecule has 0 amide bonds. The van der Waals surface area contributed by atoms with Crippen molar-refractivity contribution in [2.75, 3.05) is 26.6 Å². The number of hydrogen-bond acceptors (Lipinski definition) is 7. The van der Waals surface area contributed by atoms with Crippen LogP contribution in [-0.2, 0) is 11.3 Å². The molecule has 7 nitrogen and oxygen atoms in total. The average Bonchev–Trinajstić information content (AvgIpc) is 2.64. The average molecular weight is 341 g/mol. The summed E-state index contributed by atoms with van der Waals surface area (Å²) in [5, 5.41) is 12.4. The van der Waals surface area contributed by atoms with Gasteiger partial charge in [-0.2, -0.15) is 5.26 Å². The number of hydrogen-bond donors (Lipinski definition) is 1. The Balaban J connectivity index is 2.26. The van der Waals surface area contributed by atoms with Gasteiger partial charge >= 0.3 is 5.97 Å². The van der Waals surface area contributed by atoms with Crippen molar-refractivity contribution in [2.24, 2.45) is 0 Å². The summed E-state index contributed by atoms with van der Waals surface area (Å²) in [4.78, 5) is 16.0. The molecule has 7 heteroatoms. The second kappa shape index (κ2) is 8.02. The number of rotatable bonds is 6. The van der Waals surface area contributed by atoms with Crippen LogP contribution in [0.4, 0.5) is 5.82 Å². The minimum atomic E-state index is -0.579. The predicted molar refractivity (Wildman–Crippen MR) is 91.9 cm³/mol. The minimum Gasteiger partial charge on any atom is -0.497 e. The van der Waals surface area contributed by atoms with Crippen LogP contribution in [0.3, 0.4) is 0 Å². The van der Waals surface area contributed by atoms with E-state index in [9.17, 15) is 10.1 Å². The Kier molecular flexibility index (Phi) is 5.79. The molecular formula is C18H19N3O4. The van der Waals surface area contributed by atoms with E-state index in [-0.39, 0.29) is 11.3 Å². The number of anilines is 1. The third-order valence-electron chi connectivity index (χ3n) is 3.67. The van der Waals surface area contributed by atoms with Crippen molar-refractivity contribution in [2.45, 2.75) is 13.5 Å². The van der Waals surface area contributed by atoms with Crippen LogP contribution in [0.2, 0.25) is 0 Å². The van der Waals surface area contributed by atoms with Crippen molar-refractivity contribution < 1.29 is 19.0 Å². The van der Waals surface area contributed by atoms with E-state index in [0.717, 1.165) is 5.56 Å². The van der Waals surface area contributed by atoms with Gasteiger partial charge in [0.05, 0.1) is 26.9 Å². The minimum absolute atomic E-state index is 0.0241. The molecule has 2 aromatic rings. The highest BCUT2D eigenvalue weighted by atomic mass is 16.5. The van der Waals surface area contributed by atoms with Crippen LogP contribution >= 0.6 is 0 Å². The molecule has 0 saturated carbocycles. The van der Waals surface area contributed by atoms with Crippen LogP contribution < -0.4 is 14.8 Å². The molecule has 0 spiro atoms. The molecule has 1 N–H and O–H groups in total. The Morgan fingerprint density at radius 3 is 2.60 bits per heavy atom. The van der Waals surface area contributed by atoms with E-state index in [1.165, 1.54) is 7.11 Å². The topological polar surface area (TPSA) is 93.5 Å². The van der Waals surface area contributed by atoms with Crippen molar-refractivity contribution in [1.29, 1.82) is 5.26 Å². The van der Waals surface area contributed by atoms with Gasteiger partial charge in [-0.1, -0.05) is 0 Å². The molecule has 0 aliphatic carbocycles. The zero-order valence-electron chi connectivity index (χ0n) is 14.5. The fourth-order valence-electron chi connectivity index (χ4n) is 2.39. The number of nitriles is 1. The van der Waals surface area contributed by atoms with E-state index in [0.29, 0.717) is 29.4 Å². The fourth-order valence-corrected chi connectivity index (χ4v) is 2.39. The number of methoxy groups -OCH3 is 3. The number of carbonyl (C=O) groups is 1. The molecular weight excluding hydrogens is 322 g/mol. The second-order valence-corrected chi connectivity index (χ2v) is 5.18. The molecule has 0 unspecified atom stereocenters. The van der Waals surface area contributed by atoms with Gasteiger partial charge in [-0.3, -0.25) is 0 Å². The number of nitrogens with zero attached hydrogens (tertiary/aromatic N) is 2. The number of aromatic nitrogens is 1. The van der Waals surface area contributed by atoms with Crippen molar-refractivity contribution in [3.63, 3.8) is 0 Å². The van der Waals surface area contributed by atoms with Crippen LogP contribution in [0.5, 0.6) is 11.5 Å². The van der Waals surface area contributed by atoms with Crippen LogP contribution in [0, 0.1) is 18.3 Å². The van der Waals surface area contributed by atoms with Crippen LogP contribution in [0.25, 0.3) is 0 Å². The summed E-state index contributed by atoms with van der Waals surface area (Å²) >= 11 is 0. The fraction of sp³-hybridized carbons (Fsp3) is 0.278. The first-order valence-corrected chi connectivity index (χ1v) is 7.48. The molecule has 0 atom stereocenters. The largest absolute Gasteiger partial charge is 0.497 e. The highest BCUT2D eigenvalue weighted by molar-refractivity contribution is 5.93. The standard InChI is InChI=1S/C18H19N3O4/c1-11-7-16(21-14(9-19)17(11)18(22)25-4)20-10-12-5-6-13(23-2)8-15(12)24-3/h5-8H,10H2,1-4H3,(H,20,21). The molecule has 1 aromatic carbocycles. The normalized spacial score (nSPS) is 9.88. The van der Waals surface area contributed by atoms with E-state index in [4.69, 9.17) is 14.2 Å². The molecule has 130 valence electrons. The van der Waals surface area contributed by atoms with Gasteiger partial charge in [0.1, 0.15) is 23.4 Å². The van der Waals surface area contributed by atoms with Gasteiger partial charge in [0.2, 0.25) is 0 Å². The highest BCUT2D eigenvalue weighted by Crippen LogP contribution is 2.25. The SMILES string of the molecule is COC(=O)c1c(C)cc(NCc2ccc(OC)cc2OC)nc1C#N. The predicted octanol–water partition coefficient (Wildman–Crippen LogP) is 2.68.